The lowest BCUT2D eigenvalue weighted by Crippen LogP contribution is -2.37. The van der Waals surface area contributed by atoms with Crippen molar-refractivity contribution < 1.29 is 19.0 Å². The Bertz CT molecular complexity index is 855. The predicted octanol–water partition coefficient (Wildman–Crippen LogP) is 6.73. The number of nitrogens with zero attached hydrogens (tertiary/aromatic N) is 1. The average Bonchev–Trinajstić information content (AvgIpc) is 3.36. The van der Waals surface area contributed by atoms with Crippen LogP contribution >= 0.6 is 11.9 Å². The topological polar surface area (TPSA) is 60.0 Å². The lowest BCUT2D eigenvalue weighted by Gasteiger charge is -2.26. The number of alkyl carbamates (subject to hydrolysis) is 1. The van der Waals surface area contributed by atoms with Crippen LogP contribution in [0.4, 0.5) is 4.79 Å². The zero-order valence-corrected chi connectivity index (χ0v) is 23.4. The molecular weight excluding hydrogens is 472 g/mol. The monoisotopic (exact) mass is 516 g/mol. The Hall–Kier alpha value is -2.22. The Kier molecular flexibility index (Phi) is 13.8. The molecule has 1 aliphatic heterocycles. The van der Waals surface area contributed by atoms with Gasteiger partial charge in [-0.25, -0.2) is 9.10 Å². The van der Waals surface area contributed by atoms with Gasteiger partial charge in [0, 0.05) is 31.1 Å². The number of amides is 1. The van der Waals surface area contributed by atoms with E-state index in [-0.39, 0.29) is 11.7 Å². The molecule has 0 spiro atoms. The van der Waals surface area contributed by atoms with E-state index < -0.39 is 0 Å². The largest absolute Gasteiger partial charge is 0.497 e. The fraction of sp³-hybridized carbons (Fsp3) is 0.552. The van der Waals surface area contributed by atoms with Crippen LogP contribution in [-0.2, 0) is 9.47 Å². The van der Waals surface area contributed by atoms with Crippen LogP contribution in [0.15, 0.2) is 59.5 Å². The molecule has 1 atom stereocenters. The maximum atomic E-state index is 12.0. The van der Waals surface area contributed by atoms with Gasteiger partial charge in [0.15, 0.2) is 0 Å². The zero-order valence-electron chi connectivity index (χ0n) is 22.6. The van der Waals surface area contributed by atoms with Crippen LogP contribution in [0.5, 0.6) is 5.75 Å². The normalized spacial score (nSPS) is 17.0. The van der Waals surface area contributed by atoms with Crippen molar-refractivity contribution in [3.63, 3.8) is 0 Å². The first kappa shape index (κ1) is 30.0. The molecule has 1 aliphatic rings. The number of aryl methyl sites for hydroxylation is 1. The maximum Gasteiger partial charge on any atom is 0.407 e. The fourth-order valence-electron chi connectivity index (χ4n) is 3.85. The molecule has 2 aromatic rings. The molecule has 1 N–H and O–H groups in total. The van der Waals surface area contributed by atoms with Crippen molar-refractivity contribution in [2.24, 2.45) is 5.92 Å². The van der Waals surface area contributed by atoms with Crippen LogP contribution in [-0.4, -0.2) is 56.0 Å². The minimum atomic E-state index is -0.355. The van der Waals surface area contributed by atoms with Crippen LogP contribution < -0.4 is 10.1 Å². The van der Waals surface area contributed by atoms with Gasteiger partial charge in [-0.3, -0.25) is 0 Å². The van der Waals surface area contributed by atoms with Crippen molar-refractivity contribution in [1.29, 1.82) is 0 Å². The van der Waals surface area contributed by atoms with Gasteiger partial charge in [0.2, 0.25) is 0 Å². The Labute approximate surface area is 222 Å². The maximum absolute atomic E-state index is 12.0. The molecule has 3 rings (SSSR count). The van der Waals surface area contributed by atoms with Crippen LogP contribution in [0.3, 0.4) is 0 Å². The van der Waals surface area contributed by atoms with Crippen LogP contribution in [0.25, 0.3) is 0 Å². The average molecular weight is 517 g/mol. The van der Waals surface area contributed by atoms with Crippen molar-refractivity contribution in [2.75, 3.05) is 40.0 Å². The second kappa shape index (κ2) is 16.5. The summed E-state index contributed by atoms with van der Waals surface area (Å²) in [6.45, 7) is 12.2. The number of carbonyl (C=O) groups is 1. The fourth-order valence-corrected chi connectivity index (χ4v) is 4.99. The standard InChI is InChI=1S/C22H36N2O4S.C7H8/c1-5-22(12-6-15-28-22)17-27-21(25)23-13-7-14-24(16-18(2)3)29-20-10-8-19(26-4)9-11-20;1-7-5-3-2-4-6-7/h8-11,18H,5-7,12-17H2,1-4H3,(H,23,25);2-6H,1H3. The molecule has 0 saturated carbocycles. The van der Waals surface area contributed by atoms with Gasteiger partial charge in [-0.2, -0.15) is 0 Å². The van der Waals surface area contributed by atoms with E-state index in [2.05, 4.69) is 61.6 Å². The summed E-state index contributed by atoms with van der Waals surface area (Å²) >= 11 is 1.74. The lowest BCUT2D eigenvalue weighted by atomic mass is 9.98. The molecule has 0 aromatic heterocycles. The Morgan fingerprint density at radius 3 is 2.42 bits per heavy atom. The molecule has 0 radical (unpaired) electrons. The van der Waals surface area contributed by atoms with Gasteiger partial charge in [0.1, 0.15) is 18.0 Å². The Balaban J connectivity index is 0.000000558. The van der Waals surface area contributed by atoms with Gasteiger partial charge in [-0.1, -0.05) is 56.7 Å². The molecular formula is C29H44N2O4S. The van der Waals surface area contributed by atoms with Gasteiger partial charge >= 0.3 is 6.09 Å². The quantitative estimate of drug-likeness (QED) is 0.249. The van der Waals surface area contributed by atoms with Crippen molar-refractivity contribution in [1.82, 2.24) is 9.62 Å². The molecule has 0 aliphatic carbocycles. The van der Waals surface area contributed by atoms with Gasteiger partial charge in [-0.15, -0.1) is 0 Å². The third-order valence-electron chi connectivity index (χ3n) is 5.95. The van der Waals surface area contributed by atoms with Crippen LogP contribution in [0.1, 0.15) is 52.0 Å². The van der Waals surface area contributed by atoms with Gasteiger partial charge < -0.3 is 19.5 Å². The SMILES string of the molecule is CCC1(COC(=O)NCCCN(CC(C)C)Sc2ccc(OC)cc2)CCCO1.Cc1ccccc1. The minimum absolute atomic E-state index is 0.277. The van der Waals surface area contributed by atoms with Gasteiger partial charge in [0.05, 0.1) is 7.11 Å². The van der Waals surface area contributed by atoms with E-state index in [0.29, 0.717) is 19.1 Å². The summed E-state index contributed by atoms with van der Waals surface area (Å²) in [5.41, 5.74) is 1.04. The lowest BCUT2D eigenvalue weighted by molar-refractivity contribution is -0.0452. The third-order valence-corrected chi connectivity index (χ3v) is 7.03. The number of methoxy groups -OCH3 is 1. The highest BCUT2D eigenvalue weighted by Crippen LogP contribution is 2.29. The molecule has 7 heteroatoms. The molecule has 2 aromatic carbocycles. The van der Waals surface area contributed by atoms with E-state index in [1.807, 2.05) is 30.3 Å². The Morgan fingerprint density at radius 1 is 1.17 bits per heavy atom. The second-order valence-electron chi connectivity index (χ2n) is 9.55. The first-order valence-electron chi connectivity index (χ1n) is 13.0. The van der Waals surface area contributed by atoms with E-state index >= 15 is 0 Å². The molecule has 36 heavy (non-hydrogen) atoms. The van der Waals surface area contributed by atoms with E-state index in [4.69, 9.17) is 14.2 Å². The first-order valence-corrected chi connectivity index (χ1v) is 13.8. The minimum Gasteiger partial charge on any atom is -0.497 e. The number of hydrogen-bond acceptors (Lipinski definition) is 6. The molecule has 6 nitrogen and oxygen atoms in total. The summed E-state index contributed by atoms with van der Waals surface area (Å²) in [5, 5.41) is 2.87. The highest BCUT2D eigenvalue weighted by atomic mass is 32.2. The first-order chi connectivity index (χ1) is 17.4. The van der Waals surface area contributed by atoms with E-state index in [9.17, 15) is 4.79 Å². The van der Waals surface area contributed by atoms with Crippen molar-refractivity contribution >= 4 is 18.0 Å². The molecule has 1 saturated heterocycles. The van der Waals surface area contributed by atoms with E-state index in [0.717, 1.165) is 51.1 Å². The molecule has 1 amide bonds. The second-order valence-corrected chi connectivity index (χ2v) is 10.7. The molecule has 0 bridgehead atoms. The number of nitrogens with one attached hydrogen (secondary N) is 1. The molecule has 1 fully saturated rings. The molecule has 1 heterocycles. The number of rotatable bonds is 12. The van der Waals surface area contributed by atoms with Crippen molar-refractivity contribution in [3.8, 4) is 5.75 Å². The van der Waals surface area contributed by atoms with E-state index in [1.54, 1.807) is 19.1 Å². The van der Waals surface area contributed by atoms with Crippen molar-refractivity contribution in [3.05, 3.63) is 60.2 Å². The summed E-state index contributed by atoms with van der Waals surface area (Å²) in [6.07, 6.45) is 3.37. The molecule has 1 unspecified atom stereocenters. The highest BCUT2D eigenvalue weighted by Gasteiger charge is 2.34. The summed E-state index contributed by atoms with van der Waals surface area (Å²) < 4.78 is 18.8. The summed E-state index contributed by atoms with van der Waals surface area (Å²) in [4.78, 5) is 13.2. The number of ether oxygens (including phenoxy) is 3. The summed E-state index contributed by atoms with van der Waals surface area (Å²) in [7, 11) is 1.67. The molecule has 200 valence electrons. The Morgan fingerprint density at radius 2 is 1.89 bits per heavy atom. The summed E-state index contributed by atoms with van der Waals surface area (Å²) in [6, 6.07) is 18.4. The smallest absolute Gasteiger partial charge is 0.407 e. The number of benzene rings is 2. The van der Waals surface area contributed by atoms with Gasteiger partial charge in [0.25, 0.3) is 0 Å². The summed E-state index contributed by atoms with van der Waals surface area (Å²) in [5.74, 6) is 1.43. The predicted molar refractivity (Wildman–Crippen MR) is 149 cm³/mol. The highest BCUT2D eigenvalue weighted by molar-refractivity contribution is 7.97. The van der Waals surface area contributed by atoms with Crippen LogP contribution in [0.2, 0.25) is 0 Å². The zero-order chi connectivity index (χ0) is 26.2. The third kappa shape index (κ3) is 11.7. The van der Waals surface area contributed by atoms with Gasteiger partial charge in [-0.05, 0) is 74.7 Å². The number of hydrogen-bond donors (Lipinski definition) is 1. The number of carbonyl (C=O) groups excluding carboxylic acids is 1. The van der Waals surface area contributed by atoms with Crippen LogP contribution in [0, 0.1) is 12.8 Å². The van der Waals surface area contributed by atoms with Crippen molar-refractivity contribution in [2.45, 2.75) is 63.9 Å². The van der Waals surface area contributed by atoms with E-state index in [1.165, 1.54) is 10.5 Å².